The van der Waals surface area contributed by atoms with Crippen molar-refractivity contribution in [1.29, 1.82) is 0 Å². The molecule has 0 spiro atoms. The lowest BCUT2D eigenvalue weighted by atomic mass is 9.95. The summed E-state index contributed by atoms with van der Waals surface area (Å²) >= 11 is 0. The lowest BCUT2D eigenvalue weighted by Crippen LogP contribution is -2.34. The van der Waals surface area contributed by atoms with Gasteiger partial charge in [0, 0.05) is 54.5 Å². The fraction of sp³-hybridized carbons (Fsp3) is 0.321. The molecule has 2 N–H and O–H groups in total. The molecule has 11 heteroatoms. The highest BCUT2D eigenvalue weighted by Crippen LogP contribution is 2.48. The van der Waals surface area contributed by atoms with Gasteiger partial charge in [0.05, 0.1) is 11.4 Å². The van der Waals surface area contributed by atoms with Gasteiger partial charge in [0.1, 0.15) is 17.5 Å². The van der Waals surface area contributed by atoms with E-state index in [0.29, 0.717) is 24.7 Å². The number of pyridine rings is 1. The minimum atomic E-state index is -0.782. The second-order valence-electron chi connectivity index (χ2n) is 10.6. The van der Waals surface area contributed by atoms with Crippen molar-refractivity contribution in [2.75, 3.05) is 13.1 Å². The number of amides is 1. The van der Waals surface area contributed by atoms with E-state index in [9.17, 15) is 9.18 Å². The van der Waals surface area contributed by atoms with Gasteiger partial charge in [-0.25, -0.2) is 19.3 Å². The Morgan fingerprint density at radius 1 is 1.08 bits per heavy atom. The van der Waals surface area contributed by atoms with Crippen LogP contribution in [0.5, 0.6) is 5.88 Å². The Morgan fingerprint density at radius 3 is 2.38 bits per heavy atom. The molecule has 1 saturated heterocycles. The maximum atomic E-state index is 15.2. The number of fused-ring (bicyclic) bond motifs is 1. The van der Waals surface area contributed by atoms with Gasteiger partial charge in [-0.1, -0.05) is 0 Å². The highest BCUT2D eigenvalue weighted by molar-refractivity contribution is 5.95. The summed E-state index contributed by atoms with van der Waals surface area (Å²) < 4.78 is 35.9. The molecule has 3 atom stereocenters. The molecule has 1 aliphatic heterocycles. The van der Waals surface area contributed by atoms with Crippen molar-refractivity contribution in [2.45, 2.75) is 32.4 Å². The molecule has 4 aromatic rings. The number of nitrogens with zero attached hydrogens (tertiary/aromatic N) is 6. The van der Waals surface area contributed by atoms with E-state index in [-0.39, 0.29) is 41.0 Å². The van der Waals surface area contributed by atoms with Crippen LogP contribution in [0.25, 0.3) is 17.2 Å². The Labute approximate surface area is 223 Å². The van der Waals surface area contributed by atoms with Crippen molar-refractivity contribution in [3.05, 3.63) is 83.4 Å². The molecule has 1 unspecified atom stereocenters. The van der Waals surface area contributed by atoms with Crippen LogP contribution >= 0.6 is 0 Å². The SMILES string of the molecule is Cc1nn(-c2ncccn2)c(F)c1C(=O)N1C[C@@H]2C(Oc3cc(C(C)(C)N)cc(-c4ccc(F)cc4)n3)[C@@H]2C1. The van der Waals surface area contributed by atoms with Crippen LogP contribution in [0, 0.1) is 30.5 Å². The van der Waals surface area contributed by atoms with Crippen LogP contribution in [0.3, 0.4) is 0 Å². The van der Waals surface area contributed by atoms with E-state index in [1.165, 1.54) is 24.5 Å². The Balaban J connectivity index is 1.17. The predicted molar refractivity (Wildman–Crippen MR) is 138 cm³/mol. The lowest BCUT2D eigenvalue weighted by molar-refractivity contribution is 0.0746. The van der Waals surface area contributed by atoms with E-state index in [1.54, 1.807) is 30.0 Å². The number of hydrogen-bond donors (Lipinski definition) is 1. The number of likely N-dealkylation sites (tertiary alicyclic amines) is 1. The molecular weight excluding hydrogens is 504 g/mol. The Kier molecular flexibility index (Phi) is 5.91. The van der Waals surface area contributed by atoms with Gasteiger partial charge in [-0.2, -0.15) is 14.2 Å². The largest absolute Gasteiger partial charge is 0.474 e. The summed E-state index contributed by atoms with van der Waals surface area (Å²) in [6.45, 7) is 6.25. The first-order valence-electron chi connectivity index (χ1n) is 12.7. The van der Waals surface area contributed by atoms with Crippen LogP contribution in [0.4, 0.5) is 8.78 Å². The average molecular weight is 532 g/mol. The van der Waals surface area contributed by atoms with Gasteiger partial charge in [-0.05, 0) is 62.7 Å². The van der Waals surface area contributed by atoms with Crippen LogP contribution in [0.15, 0.2) is 54.9 Å². The summed E-state index contributed by atoms with van der Waals surface area (Å²) in [7, 11) is 0. The van der Waals surface area contributed by atoms with E-state index >= 15 is 4.39 Å². The van der Waals surface area contributed by atoms with Gasteiger partial charge in [0.2, 0.25) is 11.8 Å². The van der Waals surface area contributed by atoms with E-state index in [0.717, 1.165) is 15.8 Å². The Morgan fingerprint density at radius 2 is 1.74 bits per heavy atom. The van der Waals surface area contributed by atoms with Gasteiger partial charge < -0.3 is 15.4 Å². The first-order chi connectivity index (χ1) is 18.6. The Bertz CT molecular complexity index is 1540. The number of carbonyl (C=O) groups excluding carboxylic acids is 1. The number of halogens is 2. The molecule has 200 valence electrons. The van der Waals surface area contributed by atoms with Crippen LogP contribution in [0.1, 0.15) is 35.5 Å². The average Bonchev–Trinajstić information content (AvgIpc) is 3.22. The first-order valence-corrected chi connectivity index (χ1v) is 12.7. The molecule has 1 aromatic carbocycles. The van der Waals surface area contributed by atoms with Crippen molar-refractivity contribution in [2.24, 2.45) is 17.6 Å². The molecule has 3 aromatic heterocycles. The second-order valence-corrected chi connectivity index (χ2v) is 10.6. The molecule has 39 heavy (non-hydrogen) atoms. The quantitative estimate of drug-likeness (QED) is 0.404. The third-order valence-electron chi connectivity index (χ3n) is 7.30. The molecule has 4 heterocycles. The number of piperidine rings is 1. The molecule has 1 saturated carbocycles. The zero-order valence-corrected chi connectivity index (χ0v) is 21.7. The molecule has 2 aliphatic rings. The van der Waals surface area contributed by atoms with Crippen molar-refractivity contribution < 1.29 is 18.3 Å². The molecule has 1 amide bonds. The molecule has 0 radical (unpaired) electrons. The highest BCUT2D eigenvalue weighted by Gasteiger charge is 2.59. The zero-order chi connectivity index (χ0) is 27.5. The summed E-state index contributed by atoms with van der Waals surface area (Å²) in [5.74, 6) is -0.825. The molecule has 0 bridgehead atoms. The minimum absolute atomic E-state index is 0.0604. The maximum absolute atomic E-state index is 15.2. The van der Waals surface area contributed by atoms with Crippen molar-refractivity contribution in [1.82, 2.24) is 29.6 Å². The van der Waals surface area contributed by atoms with Gasteiger partial charge in [-0.15, -0.1) is 0 Å². The Hall–Kier alpha value is -4.25. The summed E-state index contributed by atoms with van der Waals surface area (Å²) in [6, 6.07) is 11.4. The van der Waals surface area contributed by atoms with E-state index in [4.69, 9.17) is 10.5 Å². The standard InChI is InChI=1S/C28H27F2N7O2/c1-15-23(25(30)37(35-15)27-32-9-4-10-33-27)26(38)36-13-19-20(14-36)24(19)39-22-12-17(28(2,3)31)11-21(34-22)16-5-7-18(29)8-6-16/h4-12,19-20,24H,13-14,31H2,1-3H3/t19-,20+,24?. The van der Waals surface area contributed by atoms with E-state index < -0.39 is 17.4 Å². The third kappa shape index (κ3) is 4.63. The fourth-order valence-electron chi connectivity index (χ4n) is 5.09. The number of ether oxygens (including phenoxy) is 1. The van der Waals surface area contributed by atoms with E-state index in [1.807, 2.05) is 26.0 Å². The van der Waals surface area contributed by atoms with Gasteiger partial charge in [0.15, 0.2) is 0 Å². The van der Waals surface area contributed by atoms with Crippen LogP contribution < -0.4 is 10.5 Å². The van der Waals surface area contributed by atoms with Crippen LogP contribution in [0.2, 0.25) is 0 Å². The molecule has 6 rings (SSSR count). The number of aromatic nitrogens is 5. The first kappa shape index (κ1) is 25.1. The predicted octanol–water partition coefficient (Wildman–Crippen LogP) is 3.65. The zero-order valence-electron chi connectivity index (χ0n) is 21.7. The molecule has 9 nitrogen and oxygen atoms in total. The van der Waals surface area contributed by atoms with Gasteiger partial charge in [-0.3, -0.25) is 4.79 Å². The monoisotopic (exact) mass is 531 g/mol. The van der Waals surface area contributed by atoms with E-state index in [2.05, 4.69) is 20.1 Å². The fourth-order valence-corrected chi connectivity index (χ4v) is 5.09. The van der Waals surface area contributed by atoms with Crippen molar-refractivity contribution in [3.63, 3.8) is 0 Å². The summed E-state index contributed by atoms with van der Waals surface area (Å²) in [4.78, 5) is 27.6. The number of aryl methyl sites for hydroxylation is 1. The number of hydrogen-bond acceptors (Lipinski definition) is 7. The van der Waals surface area contributed by atoms with Crippen LogP contribution in [-0.2, 0) is 5.54 Å². The molecular formula is C28H27F2N7O2. The lowest BCUT2D eigenvalue weighted by Gasteiger charge is -2.22. The third-order valence-corrected chi connectivity index (χ3v) is 7.30. The number of rotatable bonds is 6. The maximum Gasteiger partial charge on any atom is 0.260 e. The highest BCUT2D eigenvalue weighted by atomic mass is 19.1. The minimum Gasteiger partial charge on any atom is -0.474 e. The van der Waals surface area contributed by atoms with Crippen molar-refractivity contribution in [3.8, 4) is 23.1 Å². The number of nitrogens with two attached hydrogens (primary N) is 1. The summed E-state index contributed by atoms with van der Waals surface area (Å²) in [6.07, 6.45) is 2.84. The van der Waals surface area contributed by atoms with Gasteiger partial charge >= 0.3 is 0 Å². The van der Waals surface area contributed by atoms with Crippen LogP contribution in [-0.4, -0.2) is 54.7 Å². The smallest absolute Gasteiger partial charge is 0.260 e. The van der Waals surface area contributed by atoms with Gasteiger partial charge in [0.25, 0.3) is 11.9 Å². The summed E-state index contributed by atoms with van der Waals surface area (Å²) in [5.41, 5.74) is 8.14. The topological polar surface area (TPSA) is 112 Å². The van der Waals surface area contributed by atoms with Crippen molar-refractivity contribution >= 4 is 5.91 Å². The molecule has 1 aliphatic carbocycles. The summed E-state index contributed by atoms with van der Waals surface area (Å²) in [5, 5.41) is 4.15. The normalized spacial score (nSPS) is 20.2. The molecule has 2 fully saturated rings. The number of benzene rings is 1. The number of carbonyl (C=O) groups is 1. The second kappa shape index (κ2) is 9.19.